The Morgan fingerprint density at radius 2 is 2.19 bits per heavy atom. The van der Waals surface area contributed by atoms with Crippen LogP contribution in [0.5, 0.6) is 0 Å². The van der Waals surface area contributed by atoms with Crippen LogP contribution in [0.3, 0.4) is 0 Å². The van der Waals surface area contributed by atoms with Gasteiger partial charge in [0.2, 0.25) is 5.91 Å². The largest absolute Gasteiger partial charge is 0.370 e. The van der Waals surface area contributed by atoms with E-state index in [0.29, 0.717) is 31.3 Å². The second-order valence-corrected chi connectivity index (χ2v) is 6.99. The molecule has 27 heavy (non-hydrogen) atoms. The zero-order valence-electron chi connectivity index (χ0n) is 16.2. The lowest BCUT2D eigenvalue weighted by atomic mass is 10.1. The molecule has 1 aromatic carbocycles. The summed E-state index contributed by atoms with van der Waals surface area (Å²) in [5.41, 5.74) is 6.33. The molecule has 8 heteroatoms. The van der Waals surface area contributed by atoms with Gasteiger partial charge in [-0.3, -0.25) is 14.5 Å². The van der Waals surface area contributed by atoms with E-state index in [-0.39, 0.29) is 30.7 Å². The topological polar surface area (TPSA) is 87.9 Å². The van der Waals surface area contributed by atoms with Crippen molar-refractivity contribution in [2.45, 2.75) is 26.8 Å². The fraction of sp³-hybridized carbons (Fsp3) is 0.579. The molecule has 7 nitrogen and oxygen atoms in total. The van der Waals surface area contributed by atoms with Crippen LogP contribution in [0, 0.1) is 11.7 Å². The number of hydrogen-bond acceptors (Lipinski definition) is 5. The standard InChI is InChI=1S/C19H29FN4O3/c1-4-23(11-13(2)3)17(10-21)19(26)22-14-5-6-16(15(20)9-14)24-7-8-27-12-18(24)25/h5-6,9,13,17H,4,7-8,10-12,21H2,1-3H3,(H,22,26)/t17-/m0/s1. The van der Waals surface area contributed by atoms with E-state index in [2.05, 4.69) is 19.2 Å². The molecule has 0 radical (unpaired) electrons. The Hall–Kier alpha value is -2.03. The molecule has 1 aromatic rings. The van der Waals surface area contributed by atoms with Gasteiger partial charge in [0, 0.05) is 25.3 Å². The smallest absolute Gasteiger partial charge is 0.253 e. The maximum absolute atomic E-state index is 14.5. The van der Waals surface area contributed by atoms with Crippen LogP contribution < -0.4 is 16.0 Å². The minimum Gasteiger partial charge on any atom is -0.370 e. The Balaban J connectivity index is 2.10. The molecule has 0 aromatic heterocycles. The first-order valence-electron chi connectivity index (χ1n) is 9.30. The van der Waals surface area contributed by atoms with E-state index in [1.54, 1.807) is 6.07 Å². The summed E-state index contributed by atoms with van der Waals surface area (Å²) in [6, 6.07) is 3.83. The molecule has 0 saturated carbocycles. The molecular weight excluding hydrogens is 351 g/mol. The van der Waals surface area contributed by atoms with Crippen molar-refractivity contribution in [3.05, 3.63) is 24.0 Å². The van der Waals surface area contributed by atoms with Crippen molar-refractivity contribution < 1.29 is 18.7 Å². The van der Waals surface area contributed by atoms with Gasteiger partial charge in [-0.25, -0.2) is 4.39 Å². The molecule has 0 spiro atoms. The fourth-order valence-corrected chi connectivity index (χ4v) is 3.17. The highest BCUT2D eigenvalue weighted by molar-refractivity contribution is 5.97. The van der Waals surface area contributed by atoms with Crippen molar-refractivity contribution in [1.29, 1.82) is 0 Å². The Labute approximate surface area is 159 Å². The van der Waals surface area contributed by atoms with Gasteiger partial charge in [-0.2, -0.15) is 0 Å². The number of nitrogens with zero attached hydrogens (tertiary/aromatic N) is 2. The van der Waals surface area contributed by atoms with Gasteiger partial charge in [0.25, 0.3) is 5.91 Å². The Morgan fingerprint density at radius 1 is 1.44 bits per heavy atom. The van der Waals surface area contributed by atoms with Crippen molar-refractivity contribution in [1.82, 2.24) is 4.90 Å². The molecule has 150 valence electrons. The van der Waals surface area contributed by atoms with E-state index in [0.717, 1.165) is 6.54 Å². The fourth-order valence-electron chi connectivity index (χ4n) is 3.17. The number of nitrogens with one attached hydrogen (secondary N) is 1. The van der Waals surface area contributed by atoms with Gasteiger partial charge >= 0.3 is 0 Å². The number of halogens is 1. The number of ether oxygens (including phenoxy) is 1. The molecule has 1 aliphatic rings. The lowest BCUT2D eigenvalue weighted by molar-refractivity contribution is -0.125. The number of morpholine rings is 1. The Bertz CT molecular complexity index is 668. The van der Waals surface area contributed by atoms with Crippen LogP contribution in [-0.2, 0) is 14.3 Å². The minimum absolute atomic E-state index is 0.0567. The van der Waals surface area contributed by atoms with Gasteiger partial charge in [-0.05, 0) is 30.7 Å². The van der Waals surface area contributed by atoms with Crippen LogP contribution in [0.4, 0.5) is 15.8 Å². The van der Waals surface area contributed by atoms with Crippen molar-refractivity contribution in [2.24, 2.45) is 11.7 Å². The van der Waals surface area contributed by atoms with Crippen molar-refractivity contribution in [3.8, 4) is 0 Å². The molecule has 1 fully saturated rings. The van der Waals surface area contributed by atoms with Gasteiger partial charge in [0.15, 0.2) is 0 Å². The monoisotopic (exact) mass is 380 g/mol. The minimum atomic E-state index is -0.568. The highest BCUT2D eigenvalue weighted by atomic mass is 19.1. The van der Waals surface area contributed by atoms with Crippen LogP contribution in [0.2, 0.25) is 0 Å². The van der Waals surface area contributed by atoms with E-state index in [4.69, 9.17) is 10.5 Å². The highest BCUT2D eigenvalue weighted by Crippen LogP contribution is 2.24. The van der Waals surface area contributed by atoms with Gasteiger partial charge < -0.3 is 20.7 Å². The SMILES string of the molecule is CCN(CC(C)C)[C@@H](CN)C(=O)Nc1ccc(N2CCOCC2=O)c(F)c1. The molecule has 0 unspecified atom stereocenters. The van der Waals surface area contributed by atoms with Gasteiger partial charge in [-0.15, -0.1) is 0 Å². The molecule has 3 N–H and O–H groups in total. The molecule has 1 saturated heterocycles. The molecule has 1 heterocycles. The van der Waals surface area contributed by atoms with Crippen LogP contribution in [0.25, 0.3) is 0 Å². The summed E-state index contributed by atoms with van der Waals surface area (Å²) in [4.78, 5) is 27.9. The molecule has 0 aliphatic carbocycles. The predicted octanol–water partition coefficient (Wildman–Crippen LogP) is 1.43. The first-order chi connectivity index (χ1) is 12.9. The number of anilines is 2. The van der Waals surface area contributed by atoms with E-state index in [9.17, 15) is 14.0 Å². The quantitative estimate of drug-likeness (QED) is 0.712. The average Bonchev–Trinajstić information content (AvgIpc) is 2.62. The summed E-state index contributed by atoms with van der Waals surface area (Å²) < 4.78 is 19.6. The zero-order chi connectivity index (χ0) is 20.0. The lowest BCUT2D eigenvalue weighted by Crippen LogP contribution is -2.49. The molecule has 2 amide bonds. The summed E-state index contributed by atoms with van der Waals surface area (Å²) in [5, 5.41) is 2.73. The number of amides is 2. The molecule has 2 rings (SSSR count). The first kappa shape index (κ1) is 21.3. The van der Waals surface area contributed by atoms with Crippen LogP contribution in [0.1, 0.15) is 20.8 Å². The van der Waals surface area contributed by atoms with Crippen LogP contribution in [-0.4, -0.2) is 62.1 Å². The molecule has 1 aliphatic heterocycles. The summed E-state index contributed by atoms with van der Waals surface area (Å²) in [6.45, 7) is 8.37. The van der Waals surface area contributed by atoms with Crippen LogP contribution >= 0.6 is 0 Å². The first-order valence-corrected chi connectivity index (χ1v) is 9.30. The Morgan fingerprint density at radius 3 is 2.74 bits per heavy atom. The number of likely N-dealkylation sites (N-methyl/N-ethyl adjacent to an activating group) is 1. The number of hydrogen-bond donors (Lipinski definition) is 2. The third-order valence-electron chi connectivity index (χ3n) is 4.46. The molecule has 1 atom stereocenters. The van der Waals surface area contributed by atoms with E-state index < -0.39 is 11.9 Å². The number of rotatable bonds is 8. The molecule has 0 bridgehead atoms. The second-order valence-electron chi connectivity index (χ2n) is 6.99. The predicted molar refractivity (Wildman–Crippen MR) is 103 cm³/mol. The number of carbonyl (C=O) groups excluding carboxylic acids is 2. The normalized spacial score (nSPS) is 16.1. The second kappa shape index (κ2) is 9.77. The summed E-state index contributed by atoms with van der Waals surface area (Å²) in [5.74, 6) is -0.724. The van der Waals surface area contributed by atoms with Gasteiger partial charge in [0.1, 0.15) is 18.5 Å². The number of benzene rings is 1. The lowest BCUT2D eigenvalue weighted by Gasteiger charge is -2.30. The van der Waals surface area contributed by atoms with Crippen molar-refractivity contribution in [2.75, 3.05) is 49.6 Å². The van der Waals surface area contributed by atoms with Gasteiger partial charge in [-0.1, -0.05) is 20.8 Å². The molecular formula is C19H29FN4O3. The van der Waals surface area contributed by atoms with E-state index in [1.165, 1.54) is 17.0 Å². The zero-order valence-corrected chi connectivity index (χ0v) is 16.2. The van der Waals surface area contributed by atoms with Crippen LogP contribution in [0.15, 0.2) is 18.2 Å². The van der Waals surface area contributed by atoms with E-state index in [1.807, 2.05) is 11.8 Å². The number of carbonyl (C=O) groups is 2. The summed E-state index contributed by atoms with van der Waals surface area (Å²) in [6.07, 6.45) is 0. The van der Waals surface area contributed by atoms with Crippen molar-refractivity contribution in [3.63, 3.8) is 0 Å². The highest BCUT2D eigenvalue weighted by Gasteiger charge is 2.26. The maximum Gasteiger partial charge on any atom is 0.253 e. The van der Waals surface area contributed by atoms with Crippen molar-refractivity contribution >= 4 is 23.2 Å². The third-order valence-corrected chi connectivity index (χ3v) is 4.46. The van der Waals surface area contributed by atoms with Gasteiger partial charge in [0.05, 0.1) is 12.3 Å². The summed E-state index contributed by atoms with van der Waals surface area (Å²) in [7, 11) is 0. The summed E-state index contributed by atoms with van der Waals surface area (Å²) >= 11 is 0. The third kappa shape index (κ3) is 5.47. The van der Waals surface area contributed by atoms with E-state index >= 15 is 0 Å². The average molecular weight is 380 g/mol. The maximum atomic E-state index is 14.5. The Kier molecular flexibility index (Phi) is 7.70. The number of nitrogens with two attached hydrogens (primary N) is 1.